The Morgan fingerprint density at radius 3 is 2.22 bits per heavy atom. The maximum absolute atomic E-state index is 12.1. The minimum atomic E-state index is -0.334. The van der Waals surface area contributed by atoms with E-state index < -0.39 is 0 Å². The summed E-state index contributed by atoms with van der Waals surface area (Å²) >= 11 is 1.66. The van der Waals surface area contributed by atoms with Crippen molar-refractivity contribution in [1.29, 1.82) is 0 Å². The van der Waals surface area contributed by atoms with E-state index in [0.29, 0.717) is 6.42 Å². The summed E-state index contributed by atoms with van der Waals surface area (Å²) in [7, 11) is 3.17. The number of Topliss-reactive ketones (excluding diaryl/α,β-unsaturated/α-hetero) is 1. The molecular formula is C14H20O3S. The maximum atomic E-state index is 12.1. The van der Waals surface area contributed by atoms with Gasteiger partial charge in [0.15, 0.2) is 12.1 Å². The van der Waals surface area contributed by atoms with Crippen LogP contribution in [0.3, 0.4) is 0 Å². The van der Waals surface area contributed by atoms with Crippen molar-refractivity contribution in [1.82, 2.24) is 0 Å². The number of hydrogen-bond donors (Lipinski definition) is 0. The van der Waals surface area contributed by atoms with Crippen molar-refractivity contribution >= 4 is 17.5 Å². The van der Waals surface area contributed by atoms with Crippen molar-refractivity contribution in [3.63, 3.8) is 0 Å². The molecule has 4 heteroatoms. The fraction of sp³-hybridized carbons (Fsp3) is 0.500. The van der Waals surface area contributed by atoms with Crippen molar-refractivity contribution < 1.29 is 14.3 Å². The number of benzene rings is 1. The number of hydrogen-bond acceptors (Lipinski definition) is 4. The number of carbonyl (C=O) groups is 1. The molecule has 3 nitrogen and oxygen atoms in total. The first-order valence-corrected chi connectivity index (χ1v) is 7.07. The monoisotopic (exact) mass is 268 g/mol. The first-order valence-electron chi connectivity index (χ1n) is 5.85. The van der Waals surface area contributed by atoms with Gasteiger partial charge in [-0.05, 0) is 18.4 Å². The van der Waals surface area contributed by atoms with Crippen LogP contribution in [-0.4, -0.2) is 32.5 Å². The molecular weight excluding hydrogens is 248 g/mol. The molecule has 0 amide bonds. The third kappa shape index (κ3) is 4.12. The van der Waals surface area contributed by atoms with E-state index >= 15 is 0 Å². The zero-order valence-corrected chi connectivity index (χ0v) is 12.1. The molecule has 0 aliphatic heterocycles. The van der Waals surface area contributed by atoms with Crippen molar-refractivity contribution in [3.8, 4) is 0 Å². The fourth-order valence-electron chi connectivity index (χ4n) is 1.84. The van der Waals surface area contributed by atoms with E-state index in [4.69, 9.17) is 9.47 Å². The van der Waals surface area contributed by atoms with E-state index in [1.165, 1.54) is 0 Å². The Bertz CT molecular complexity index is 371. The van der Waals surface area contributed by atoms with E-state index in [2.05, 4.69) is 0 Å². The normalized spacial score (nSPS) is 12.7. The summed E-state index contributed by atoms with van der Waals surface area (Å²) in [5.41, 5.74) is 0.741. The highest BCUT2D eigenvalue weighted by Gasteiger charge is 2.19. The number of ether oxygens (including phenoxy) is 2. The van der Waals surface area contributed by atoms with Crippen LogP contribution in [0, 0.1) is 5.92 Å². The molecule has 0 aromatic heterocycles. The van der Waals surface area contributed by atoms with E-state index in [-0.39, 0.29) is 18.0 Å². The van der Waals surface area contributed by atoms with Crippen molar-refractivity contribution in [2.45, 2.75) is 24.5 Å². The summed E-state index contributed by atoms with van der Waals surface area (Å²) < 4.78 is 10.3. The summed E-state index contributed by atoms with van der Waals surface area (Å²) in [6.45, 7) is 1.95. The average Bonchev–Trinajstić information content (AvgIpc) is 2.40. The molecule has 0 fully saturated rings. The zero-order valence-electron chi connectivity index (χ0n) is 11.3. The Morgan fingerprint density at radius 1 is 1.22 bits per heavy atom. The quantitative estimate of drug-likeness (QED) is 0.432. The van der Waals surface area contributed by atoms with Crippen LogP contribution in [0.25, 0.3) is 0 Å². The minimum absolute atomic E-state index is 0.0349. The van der Waals surface area contributed by atoms with Crippen LogP contribution in [-0.2, 0) is 9.47 Å². The maximum Gasteiger partial charge on any atom is 0.163 e. The van der Waals surface area contributed by atoms with Gasteiger partial charge >= 0.3 is 0 Å². The molecule has 0 bridgehead atoms. The molecule has 1 aromatic carbocycles. The van der Waals surface area contributed by atoms with Crippen LogP contribution in [0.2, 0.25) is 0 Å². The zero-order chi connectivity index (χ0) is 13.5. The van der Waals surface area contributed by atoms with Crippen LogP contribution in [0.1, 0.15) is 23.7 Å². The van der Waals surface area contributed by atoms with Crippen LogP contribution in [0.5, 0.6) is 0 Å². The minimum Gasteiger partial charge on any atom is -0.356 e. The van der Waals surface area contributed by atoms with E-state index in [1.54, 1.807) is 26.0 Å². The van der Waals surface area contributed by atoms with Crippen molar-refractivity contribution in [2.75, 3.05) is 20.5 Å². The highest BCUT2D eigenvalue weighted by Crippen LogP contribution is 2.19. The topological polar surface area (TPSA) is 35.5 Å². The average molecular weight is 268 g/mol. The molecule has 0 spiro atoms. The van der Waals surface area contributed by atoms with Gasteiger partial charge in [-0.2, -0.15) is 0 Å². The van der Waals surface area contributed by atoms with Gasteiger partial charge in [-0.15, -0.1) is 11.8 Å². The molecule has 1 aromatic rings. The lowest BCUT2D eigenvalue weighted by molar-refractivity contribution is -0.132. The second kappa shape index (κ2) is 7.56. The first-order chi connectivity index (χ1) is 8.62. The predicted octanol–water partition coefficient (Wildman–Crippen LogP) is 3.24. The standard InChI is InChI=1S/C14H20O3S/c1-10(14(16-2)17-3)9-13(15)11-5-7-12(18-4)8-6-11/h5-8,10,14H,9H2,1-4H3. The summed E-state index contributed by atoms with van der Waals surface area (Å²) in [5.74, 6) is 0.155. The van der Waals surface area contributed by atoms with Crippen molar-refractivity contribution in [3.05, 3.63) is 29.8 Å². The van der Waals surface area contributed by atoms with Gasteiger partial charge in [0.2, 0.25) is 0 Å². The van der Waals surface area contributed by atoms with Gasteiger partial charge in [0.25, 0.3) is 0 Å². The van der Waals surface area contributed by atoms with Crippen LogP contribution in [0.15, 0.2) is 29.2 Å². The molecule has 0 heterocycles. The van der Waals surface area contributed by atoms with Gasteiger partial charge in [-0.1, -0.05) is 19.1 Å². The molecule has 1 atom stereocenters. The smallest absolute Gasteiger partial charge is 0.163 e. The number of carbonyl (C=O) groups excluding carboxylic acids is 1. The Kier molecular flexibility index (Phi) is 6.39. The van der Waals surface area contributed by atoms with Gasteiger partial charge in [-0.3, -0.25) is 4.79 Å². The lowest BCUT2D eigenvalue weighted by Gasteiger charge is -2.20. The van der Waals surface area contributed by atoms with E-state index in [9.17, 15) is 4.79 Å². The number of ketones is 1. The Labute approximate surface area is 113 Å². The van der Waals surface area contributed by atoms with Crippen LogP contribution >= 0.6 is 11.8 Å². The van der Waals surface area contributed by atoms with Gasteiger partial charge in [0.05, 0.1) is 0 Å². The second-order valence-corrected chi connectivity index (χ2v) is 5.05. The van der Waals surface area contributed by atoms with Crippen molar-refractivity contribution in [2.24, 2.45) is 5.92 Å². The first kappa shape index (κ1) is 15.2. The lowest BCUT2D eigenvalue weighted by Crippen LogP contribution is -2.24. The van der Waals surface area contributed by atoms with Crippen LogP contribution in [0.4, 0.5) is 0 Å². The number of methoxy groups -OCH3 is 2. The van der Waals surface area contributed by atoms with Gasteiger partial charge in [0.1, 0.15) is 0 Å². The summed E-state index contributed by atoms with van der Waals surface area (Å²) in [5, 5.41) is 0. The highest BCUT2D eigenvalue weighted by atomic mass is 32.2. The van der Waals surface area contributed by atoms with Crippen LogP contribution < -0.4 is 0 Å². The molecule has 0 radical (unpaired) electrons. The molecule has 0 saturated heterocycles. The molecule has 100 valence electrons. The molecule has 1 rings (SSSR count). The summed E-state index contributed by atoms with van der Waals surface area (Å²) in [6, 6.07) is 7.67. The van der Waals surface area contributed by atoms with E-state index in [0.717, 1.165) is 10.5 Å². The SMILES string of the molecule is COC(OC)C(C)CC(=O)c1ccc(SC)cc1. The second-order valence-electron chi connectivity index (χ2n) is 4.17. The molecule has 0 aliphatic carbocycles. The molecule has 0 saturated carbocycles. The Morgan fingerprint density at radius 2 is 1.78 bits per heavy atom. The van der Waals surface area contributed by atoms with Gasteiger partial charge in [-0.25, -0.2) is 0 Å². The number of thioether (sulfide) groups is 1. The highest BCUT2D eigenvalue weighted by molar-refractivity contribution is 7.98. The lowest BCUT2D eigenvalue weighted by atomic mass is 9.99. The molecule has 0 aliphatic rings. The van der Waals surface area contributed by atoms with Gasteiger partial charge in [0, 0.05) is 37.0 Å². The number of rotatable bonds is 7. The molecule has 0 N–H and O–H groups in total. The Balaban J connectivity index is 2.64. The molecule has 18 heavy (non-hydrogen) atoms. The third-order valence-electron chi connectivity index (χ3n) is 2.85. The molecule has 1 unspecified atom stereocenters. The predicted molar refractivity (Wildman–Crippen MR) is 74.1 cm³/mol. The van der Waals surface area contributed by atoms with E-state index in [1.807, 2.05) is 37.4 Å². The Hall–Kier alpha value is -0.840. The fourth-order valence-corrected chi connectivity index (χ4v) is 2.25. The summed E-state index contributed by atoms with van der Waals surface area (Å²) in [4.78, 5) is 13.2. The largest absolute Gasteiger partial charge is 0.356 e. The third-order valence-corrected chi connectivity index (χ3v) is 3.59. The summed E-state index contributed by atoms with van der Waals surface area (Å²) in [6.07, 6.45) is 2.10. The van der Waals surface area contributed by atoms with Gasteiger partial charge < -0.3 is 9.47 Å².